The van der Waals surface area contributed by atoms with Gasteiger partial charge in [0.2, 0.25) is 5.91 Å². The van der Waals surface area contributed by atoms with E-state index in [2.05, 4.69) is 5.32 Å². The first-order valence-electron chi connectivity index (χ1n) is 7.96. The van der Waals surface area contributed by atoms with Crippen molar-refractivity contribution in [3.63, 3.8) is 0 Å². The van der Waals surface area contributed by atoms with Crippen LogP contribution in [-0.4, -0.2) is 48.1 Å². The molecule has 3 rings (SSSR count). The van der Waals surface area contributed by atoms with Crippen molar-refractivity contribution in [3.8, 4) is 0 Å². The van der Waals surface area contributed by atoms with Crippen molar-refractivity contribution in [1.82, 2.24) is 10.2 Å². The van der Waals surface area contributed by atoms with Crippen LogP contribution in [0.15, 0.2) is 24.3 Å². The van der Waals surface area contributed by atoms with Crippen LogP contribution in [0.2, 0.25) is 0 Å². The molecule has 6 heteroatoms. The van der Waals surface area contributed by atoms with Crippen LogP contribution in [0.3, 0.4) is 0 Å². The van der Waals surface area contributed by atoms with Crippen LogP contribution in [0, 0.1) is 11.7 Å². The summed E-state index contributed by atoms with van der Waals surface area (Å²) in [5.74, 6) is -1.15. The summed E-state index contributed by atoms with van der Waals surface area (Å²) in [6, 6.07) is 5.57. The minimum Gasteiger partial charge on any atom is -0.375 e. The molecule has 2 fully saturated rings. The third kappa shape index (κ3) is 3.08. The lowest BCUT2D eigenvalue weighted by Crippen LogP contribution is -2.41. The highest BCUT2D eigenvalue weighted by atomic mass is 19.1. The van der Waals surface area contributed by atoms with Gasteiger partial charge in [0.05, 0.1) is 18.1 Å². The van der Waals surface area contributed by atoms with E-state index < -0.39 is 5.82 Å². The molecule has 1 N–H and O–H groups in total. The Hall–Kier alpha value is -1.95. The molecular formula is C17H21FN2O3. The molecule has 23 heavy (non-hydrogen) atoms. The second-order valence-electron chi connectivity index (χ2n) is 6.43. The Balaban J connectivity index is 1.80. The van der Waals surface area contributed by atoms with Crippen molar-refractivity contribution < 1.29 is 18.7 Å². The standard InChI is InChI=1S/C17H21FN2O3/c1-10(2)19-16(21)13-9-20(14-6-7-23-15(13)14)17(22)11-4-3-5-12(18)8-11/h3-5,8,10,13-15H,6-7,9H2,1-2H3,(H,19,21)/t13-,14+,15-/m1/s1. The predicted octanol–water partition coefficient (Wildman–Crippen LogP) is 1.58. The van der Waals surface area contributed by atoms with Crippen molar-refractivity contribution >= 4 is 11.8 Å². The molecule has 2 aliphatic heterocycles. The summed E-state index contributed by atoms with van der Waals surface area (Å²) in [6.07, 6.45) is 0.434. The molecule has 0 saturated carbocycles. The Kier molecular flexibility index (Phi) is 4.35. The summed E-state index contributed by atoms with van der Waals surface area (Å²) in [5.41, 5.74) is 0.306. The third-order valence-corrected chi connectivity index (χ3v) is 4.39. The largest absolute Gasteiger partial charge is 0.375 e. The molecule has 1 aromatic rings. The zero-order valence-corrected chi connectivity index (χ0v) is 13.3. The normalized spacial score (nSPS) is 26.4. The maximum atomic E-state index is 13.4. The third-order valence-electron chi connectivity index (χ3n) is 4.39. The van der Waals surface area contributed by atoms with E-state index in [1.165, 1.54) is 18.2 Å². The molecule has 124 valence electrons. The number of benzene rings is 1. The van der Waals surface area contributed by atoms with Crippen LogP contribution in [0.5, 0.6) is 0 Å². The van der Waals surface area contributed by atoms with Gasteiger partial charge in [0.25, 0.3) is 5.91 Å². The van der Waals surface area contributed by atoms with Crippen LogP contribution in [-0.2, 0) is 9.53 Å². The first kappa shape index (κ1) is 15.9. The van der Waals surface area contributed by atoms with Crippen LogP contribution in [0.4, 0.5) is 4.39 Å². The Morgan fingerprint density at radius 3 is 2.87 bits per heavy atom. The maximum Gasteiger partial charge on any atom is 0.254 e. The molecule has 2 amide bonds. The highest BCUT2D eigenvalue weighted by Gasteiger charge is 2.50. The van der Waals surface area contributed by atoms with Gasteiger partial charge in [-0.15, -0.1) is 0 Å². The smallest absolute Gasteiger partial charge is 0.254 e. The molecule has 2 saturated heterocycles. The summed E-state index contributed by atoms with van der Waals surface area (Å²) < 4.78 is 19.1. The van der Waals surface area contributed by atoms with E-state index in [0.717, 1.165) is 0 Å². The molecule has 0 bridgehead atoms. The fraction of sp³-hybridized carbons (Fsp3) is 0.529. The Bertz CT molecular complexity index is 620. The first-order valence-corrected chi connectivity index (χ1v) is 7.96. The number of hydrogen-bond donors (Lipinski definition) is 1. The number of rotatable bonds is 3. The van der Waals surface area contributed by atoms with E-state index in [1.54, 1.807) is 11.0 Å². The molecule has 0 radical (unpaired) electrons. The highest BCUT2D eigenvalue weighted by molar-refractivity contribution is 5.95. The number of carbonyl (C=O) groups is 2. The lowest BCUT2D eigenvalue weighted by molar-refractivity contribution is -0.128. The number of nitrogens with zero attached hydrogens (tertiary/aromatic N) is 1. The lowest BCUT2D eigenvalue weighted by Gasteiger charge is -2.22. The van der Waals surface area contributed by atoms with Gasteiger partial charge < -0.3 is 15.0 Å². The summed E-state index contributed by atoms with van der Waals surface area (Å²) in [6.45, 7) is 4.64. The van der Waals surface area contributed by atoms with E-state index in [1.807, 2.05) is 13.8 Å². The fourth-order valence-corrected chi connectivity index (χ4v) is 3.41. The summed E-state index contributed by atoms with van der Waals surface area (Å²) in [7, 11) is 0. The molecule has 1 aromatic carbocycles. The minimum absolute atomic E-state index is 0.0373. The summed E-state index contributed by atoms with van der Waals surface area (Å²) in [4.78, 5) is 26.7. The van der Waals surface area contributed by atoms with Crippen LogP contribution < -0.4 is 5.32 Å². The number of nitrogens with one attached hydrogen (secondary N) is 1. The van der Waals surface area contributed by atoms with Gasteiger partial charge in [0.1, 0.15) is 5.82 Å². The average molecular weight is 320 g/mol. The SMILES string of the molecule is CC(C)NC(=O)[C@@H]1CN(C(=O)c2cccc(F)c2)[C@H]2CCO[C@H]12. The Labute approximate surface area is 134 Å². The number of hydrogen-bond acceptors (Lipinski definition) is 3. The fourth-order valence-electron chi connectivity index (χ4n) is 3.41. The number of ether oxygens (including phenoxy) is 1. The molecule has 0 spiro atoms. The van der Waals surface area contributed by atoms with Crippen molar-refractivity contribution in [2.45, 2.75) is 38.5 Å². The maximum absolute atomic E-state index is 13.4. The summed E-state index contributed by atoms with van der Waals surface area (Å²) in [5, 5.41) is 2.89. The number of likely N-dealkylation sites (tertiary alicyclic amines) is 1. The minimum atomic E-state index is -0.441. The average Bonchev–Trinajstić information content (AvgIpc) is 3.07. The number of carbonyl (C=O) groups excluding carboxylic acids is 2. The van der Waals surface area contributed by atoms with Crippen molar-refractivity contribution in [3.05, 3.63) is 35.6 Å². The van der Waals surface area contributed by atoms with Gasteiger partial charge in [-0.25, -0.2) is 4.39 Å². The van der Waals surface area contributed by atoms with Gasteiger partial charge in [0, 0.05) is 24.8 Å². The number of halogens is 1. The second kappa shape index (κ2) is 6.28. The molecule has 2 aliphatic rings. The number of fused-ring (bicyclic) bond motifs is 1. The highest BCUT2D eigenvalue weighted by Crippen LogP contribution is 2.34. The zero-order chi connectivity index (χ0) is 16.6. The summed E-state index contributed by atoms with van der Waals surface area (Å²) >= 11 is 0. The quantitative estimate of drug-likeness (QED) is 0.920. The van der Waals surface area contributed by atoms with E-state index >= 15 is 0 Å². The lowest BCUT2D eigenvalue weighted by atomic mass is 10.0. The van der Waals surface area contributed by atoms with E-state index in [4.69, 9.17) is 4.74 Å². The molecule has 0 aromatic heterocycles. The van der Waals surface area contributed by atoms with Gasteiger partial charge in [0.15, 0.2) is 0 Å². The van der Waals surface area contributed by atoms with Gasteiger partial charge in [-0.1, -0.05) is 6.07 Å². The van der Waals surface area contributed by atoms with Gasteiger partial charge in [-0.3, -0.25) is 9.59 Å². The zero-order valence-electron chi connectivity index (χ0n) is 13.3. The van der Waals surface area contributed by atoms with Crippen molar-refractivity contribution in [2.75, 3.05) is 13.2 Å². The number of amides is 2. The first-order chi connectivity index (χ1) is 11.0. The molecule has 0 aliphatic carbocycles. The van der Waals surface area contributed by atoms with Crippen LogP contribution in [0.25, 0.3) is 0 Å². The monoisotopic (exact) mass is 320 g/mol. The van der Waals surface area contributed by atoms with Crippen molar-refractivity contribution in [2.24, 2.45) is 5.92 Å². The molecule has 5 nitrogen and oxygen atoms in total. The van der Waals surface area contributed by atoms with Gasteiger partial charge in [-0.05, 0) is 38.5 Å². The van der Waals surface area contributed by atoms with E-state index in [-0.39, 0.29) is 35.9 Å². The molecular weight excluding hydrogens is 299 g/mol. The van der Waals surface area contributed by atoms with E-state index in [9.17, 15) is 14.0 Å². The van der Waals surface area contributed by atoms with E-state index in [0.29, 0.717) is 25.1 Å². The van der Waals surface area contributed by atoms with Crippen LogP contribution in [0.1, 0.15) is 30.6 Å². The molecule has 2 heterocycles. The Morgan fingerprint density at radius 2 is 2.17 bits per heavy atom. The molecule has 3 atom stereocenters. The van der Waals surface area contributed by atoms with Gasteiger partial charge in [-0.2, -0.15) is 0 Å². The Morgan fingerprint density at radius 1 is 1.39 bits per heavy atom. The topological polar surface area (TPSA) is 58.6 Å². The second-order valence-corrected chi connectivity index (χ2v) is 6.43. The van der Waals surface area contributed by atoms with Crippen molar-refractivity contribution in [1.29, 1.82) is 0 Å². The van der Waals surface area contributed by atoms with Gasteiger partial charge >= 0.3 is 0 Å². The van der Waals surface area contributed by atoms with Crippen LogP contribution >= 0.6 is 0 Å². The molecule has 0 unspecified atom stereocenters. The predicted molar refractivity (Wildman–Crippen MR) is 82.4 cm³/mol.